The van der Waals surface area contributed by atoms with E-state index >= 15 is 0 Å². The number of rotatable bonds is 8. The van der Waals surface area contributed by atoms with Crippen molar-refractivity contribution in [3.05, 3.63) is 54.2 Å². The third kappa shape index (κ3) is 5.49. The highest BCUT2D eigenvalue weighted by atomic mass is 35.5. The minimum absolute atomic E-state index is 0. The zero-order valence-electron chi connectivity index (χ0n) is 16.9. The van der Waals surface area contributed by atoms with Gasteiger partial charge in [-0.2, -0.15) is 0 Å². The zero-order chi connectivity index (χ0) is 20.8. The van der Waals surface area contributed by atoms with Gasteiger partial charge in [0.2, 0.25) is 0 Å². The molecule has 0 fully saturated rings. The highest BCUT2D eigenvalue weighted by molar-refractivity contribution is 5.94. The Bertz CT molecular complexity index is 971. The zero-order valence-corrected chi connectivity index (χ0v) is 17.8. The number of carbonyl (C=O) groups is 1. The molecule has 3 aromatic rings. The highest BCUT2D eigenvalue weighted by Gasteiger charge is 2.10. The molecule has 1 aromatic heterocycles. The van der Waals surface area contributed by atoms with Crippen LogP contribution in [0.2, 0.25) is 0 Å². The van der Waals surface area contributed by atoms with Crippen LogP contribution >= 0.6 is 12.4 Å². The van der Waals surface area contributed by atoms with Crippen molar-refractivity contribution >= 4 is 18.3 Å². The summed E-state index contributed by atoms with van der Waals surface area (Å²) in [5, 5.41) is 30.2. The molecule has 1 heterocycles. The summed E-state index contributed by atoms with van der Waals surface area (Å²) in [7, 11) is 0. The number of carbonyl (C=O) groups excluding carboxylic acids is 1. The van der Waals surface area contributed by atoms with E-state index in [0.29, 0.717) is 23.4 Å². The largest absolute Gasteiger partial charge is 0.504 e. The molecule has 0 aliphatic rings. The molecule has 9 heteroatoms. The maximum absolute atomic E-state index is 12.3. The molecule has 0 unspecified atom stereocenters. The fourth-order valence-corrected chi connectivity index (χ4v) is 2.94. The summed E-state index contributed by atoms with van der Waals surface area (Å²) >= 11 is 0. The maximum atomic E-state index is 12.3. The Balaban J connectivity index is 0.00000320. The Morgan fingerprint density at radius 3 is 2.40 bits per heavy atom. The molecule has 0 radical (unpaired) electrons. The molecule has 160 valence electrons. The van der Waals surface area contributed by atoms with Crippen LogP contribution in [0.3, 0.4) is 0 Å². The lowest BCUT2D eigenvalue weighted by Crippen LogP contribution is -2.34. The Kier molecular flexibility index (Phi) is 8.20. The summed E-state index contributed by atoms with van der Waals surface area (Å²) in [5.74, 6) is -0.511. The number of hydrogen-bond acceptors (Lipinski definition) is 6. The minimum Gasteiger partial charge on any atom is -0.504 e. The summed E-state index contributed by atoms with van der Waals surface area (Å²) in [4.78, 5) is 14.5. The van der Waals surface area contributed by atoms with Crippen molar-refractivity contribution in [1.82, 2.24) is 25.2 Å². The maximum Gasteiger partial charge on any atom is 0.251 e. The van der Waals surface area contributed by atoms with Crippen LogP contribution in [0.25, 0.3) is 16.9 Å². The lowest BCUT2D eigenvalue weighted by molar-refractivity contribution is 0.0949. The number of benzene rings is 2. The van der Waals surface area contributed by atoms with Crippen LogP contribution in [0.5, 0.6) is 11.5 Å². The van der Waals surface area contributed by atoms with Gasteiger partial charge in [0.05, 0.1) is 11.9 Å². The first kappa shape index (κ1) is 23.2. The first-order valence-electron chi connectivity index (χ1n) is 9.57. The van der Waals surface area contributed by atoms with Gasteiger partial charge in [0, 0.05) is 24.2 Å². The van der Waals surface area contributed by atoms with E-state index in [-0.39, 0.29) is 29.8 Å². The second-order valence-electron chi connectivity index (χ2n) is 6.58. The van der Waals surface area contributed by atoms with Gasteiger partial charge in [-0.3, -0.25) is 4.79 Å². The standard InChI is InChI=1S/C21H25N5O3.ClH/c1-3-25(4-2)12-11-22-21(29)15-5-8-17(9-6-15)26-14-18(23-24-26)16-7-10-19(27)20(28)13-16;/h5-10,13-14,27-28H,3-4,11-12H2,1-2H3,(H,22,29);1H. The average molecular weight is 432 g/mol. The lowest BCUT2D eigenvalue weighted by atomic mass is 10.1. The van der Waals surface area contributed by atoms with Crippen molar-refractivity contribution in [2.24, 2.45) is 0 Å². The van der Waals surface area contributed by atoms with Gasteiger partial charge >= 0.3 is 0 Å². The van der Waals surface area contributed by atoms with E-state index in [9.17, 15) is 15.0 Å². The quantitative estimate of drug-likeness (QED) is 0.474. The minimum atomic E-state index is -0.214. The number of aromatic hydroxyl groups is 2. The summed E-state index contributed by atoms with van der Waals surface area (Å²) < 4.78 is 1.58. The number of aromatic nitrogens is 3. The van der Waals surface area contributed by atoms with E-state index < -0.39 is 0 Å². The topological polar surface area (TPSA) is 104 Å². The Labute approximate surface area is 181 Å². The van der Waals surface area contributed by atoms with Crippen LogP contribution < -0.4 is 5.32 Å². The molecule has 0 spiro atoms. The predicted octanol–water partition coefficient (Wildman–Crippen LogP) is 2.84. The van der Waals surface area contributed by atoms with Crippen molar-refractivity contribution in [3.63, 3.8) is 0 Å². The number of nitrogens with zero attached hydrogens (tertiary/aromatic N) is 4. The number of halogens is 1. The van der Waals surface area contributed by atoms with Crippen LogP contribution in [0, 0.1) is 0 Å². The summed E-state index contributed by atoms with van der Waals surface area (Å²) in [6, 6.07) is 11.6. The molecule has 8 nitrogen and oxygen atoms in total. The van der Waals surface area contributed by atoms with Gasteiger partial charge in [-0.1, -0.05) is 19.1 Å². The molecule has 3 N–H and O–H groups in total. The number of phenolic OH excluding ortho intramolecular Hbond substituents is 2. The van der Waals surface area contributed by atoms with E-state index in [1.54, 1.807) is 41.2 Å². The third-order valence-electron chi connectivity index (χ3n) is 4.77. The van der Waals surface area contributed by atoms with Gasteiger partial charge < -0.3 is 20.4 Å². The fraction of sp³-hybridized carbons (Fsp3) is 0.286. The molecule has 30 heavy (non-hydrogen) atoms. The number of hydrogen-bond donors (Lipinski definition) is 3. The smallest absolute Gasteiger partial charge is 0.251 e. The summed E-state index contributed by atoms with van der Waals surface area (Å²) in [5.41, 5.74) is 2.53. The van der Waals surface area contributed by atoms with Crippen molar-refractivity contribution in [1.29, 1.82) is 0 Å². The van der Waals surface area contributed by atoms with Gasteiger partial charge in [-0.25, -0.2) is 4.68 Å². The molecule has 0 aliphatic heterocycles. The molecule has 1 amide bonds. The fourth-order valence-electron chi connectivity index (χ4n) is 2.94. The second-order valence-corrected chi connectivity index (χ2v) is 6.58. The first-order chi connectivity index (χ1) is 14.0. The van der Waals surface area contributed by atoms with Crippen molar-refractivity contribution in [3.8, 4) is 28.4 Å². The third-order valence-corrected chi connectivity index (χ3v) is 4.77. The van der Waals surface area contributed by atoms with E-state index in [1.165, 1.54) is 12.1 Å². The molecule has 0 saturated heterocycles. The first-order valence-corrected chi connectivity index (χ1v) is 9.57. The molecule has 2 aromatic carbocycles. The van der Waals surface area contributed by atoms with Crippen molar-refractivity contribution in [2.75, 3.05) is 26.2 Å². The highest BCUT2D eigenvalue weighted by Crippen LogP contribution is 2.29. The average Bonchev–Trinajstić information content (AvgIpc) is 3.23. The summed E-state index contributed by atoms with van der Waals surface area (Å²) in [6.07, 6.45) is 1.71. The van der Waals surface area contributed by atoms with Crippen LogP contribution in [0.4, 0.5) is 0 Å². The second kappa shape index (κ2) is 10.6. The van der Waals surface area contributed by atoms with Crippen molar-refractivity contribution < 1.29 is 15.0 Å². The van der Waals surface area contributed by atoms with Crippen LogP contribution in [0.1, 0.15) is 24.2 Å². The van der Waals surface area contributed by atoms with Crippen LogP contribution in [-0.2, 0) is 0 Å². The van der Waals surface area contributed by atoms with E-state index in [1.807, 2.05) is 0 Å². The van der Waals surface area contributed by atoms with E-state index in [4.69, 9.17) is 0 Å². The molecule has 3 rings (SSSR count). The van der Waals surface area contributed by atoms with Gasteiger partial charge in [0.25, 0.3) is 5.91 Å². The molecule has 0 atom stereocenters. The van der Waals surface area contributed by atoms with Gasteiger partial charge in [0.1, 0.15) is 5.69 Å². The van der Waals surface area contributed by atoms with Gasteiger partial charge in [0.15, 0.2) is 11.5 Å². The molecular weight excluding hydrogens is 406 g/mol. The Morgan fingerprint density at radius 2 is 1.77 bits per heavy atom. The lowest BCUT2D eigenvalue weighted by Gasteiger charge is -2.17. The Hall–Kier alpha value is -3.10. The number of nitrogens with one attached hydrogen (secondary N) is 1. The molecular formula is C21H26ClN5O3. The van der Waals surface area contributed by atoms with Gasteiger partial charge in [-0.15, -0.1) is 17.5 Å². The number of amides is 1. The summed E-state index contributed by atoms with van der Waals surface area (Å²) in [6.45, 7) is 7.56. The normalized spacial score (nSPS) is 10.6. The monoisotopic (exact) mass is 431 g/mol. The SMILES string of the molecule is CCN(CC)CCNC(=O)c1ccc(-n2cc(-c3ccc(O)c(O)c3)nn2)cc1.Cl. The number of phenols is 2. The van der Waals surface area contributed by atoms with E-state index in [2.05, 4.69) is 34.4 Å². The Morgan fingerprint density at radius 1 is 1.07 bits per heavy atom. The van der Waals surface area contributed by atoms with E-state index in [0.717, 1.165) is 25.3 Å². The predicted molar refractivity (Wildman–Crippen MR) is 117 cm³/mol. The molecule has 0 saturated carbocycles. The molecule has 0 bridgehead atoms. The molecule has 0 aliphatic carbocycles. The van der Waals surface area contributed by atoms with Gasteiger partial charge in [-0.05, 0) is 55.6 Å². The van der Waals surface area contributed by atoms with Crippen molar-refractivity contribution in [2.45, 2.75) is 13.8 Å². The number of likely N-dealkylation sites (N-methyl/N-ethyl adjacent to an activating group) is 1. The van der Waals surface area contributed by atoms with Crippen LogP contribution in [-0.4, -0.2) is 62.2 Å². The van der Waals surface area contributed by atoms with Crippen LogP contribution in [0.15, 0.2) is 48.7 Å².